The fourth-order valence-electron chi connectivity index (χ4n) is 5.02. The van der Waals surface area contributed by atoms with E-state index in [0.717, 1.165) is 24.8 Å². The number of carbonyl (C=O) groups is 1. The zero-order valence-electron chi connectivity index (χ0n) is 17.8. The molecule has 4 rings (SSSR count). The fourth-order valence-corrected chi connectivity index (χ4v) is 5.75. The molecule has 3 aliphatic carbocycles. The fraction of sp³-hybridized carbons (Fsp3) is 0.542. The van der Waals surface area contributed by atoms with E-state index in [4.69, 9.17) is 9.29 Å². The van der Waals surface area contributed by atoms with Crippen molar-refractivity contribution in [3.05, 3.63) is 54.3 Å². The number of hydrogen-bond donors (Lipinski definition) is 2. The predicted molar refractivity (Wildman–Crippen MR) is 120 cm³/mol. The predicted octanol–water partition coefficient (Wildman–Crippen LogP) is 5.09. The Hall–Kier alpha value is -1.92. The molecule has 0 amide bonds. The van der Waals surface area contributed by atoms with Gasteiger partial charge in [0.25, 0.3) is 11.3 Å². The molecule has 2 bridgehead atoms. The van der Waals surface area contributed by atoms with Crippen molar-refractivity contribution < 1.29 is 18.3 Å². The summed E-state index contributed by atoms with van der Waals surface area (Å²) in [5.41, 5.74) is 1.33. The highest BCUT2D eigenvalue weighted by Gasteiger charge is 2.57. The van der Waals surface area contributed by atoms with E-state index in [-0.39, 0.29) is 12.5 Å². The first-order valence-electron chi connectivity index (χ1n) is 10.8. The Bertz CT molecular complexity index is 790. The molecule has 0 radical (unpaired) electrons. The lowest BCUT2D eigenvalue weighted by molar-refractivity contribution is -0.137. The highest BCUT2D eigenvalue weighted by atomic mass is 32.2. The molecule has 6 heteroatoms. The third-order valence-electron chi connectivity index (χ3n) is 6.91. The Kier molecular flexibility index (Phi) is 7.89. The lowest BCUT2D eigenvalue weighted by Crippen LogP contribution is -2.60. The van der Waals surface area contributed by atoms with Crippen LogP contribution in [-0.2, 0) is 20.2 Å². The molecule has 2 N–H and O–H groups in total. The molecule has 3 unspecified atom stereocenters. The zero-order valence-corrected chi connectivity index (χ0v) is 18.6. The van der Waals surface area contributed by atoms with Crippen LogP contribution in [0.2, 0.25) is 0 Å². The van der Waals surface area contributed by atoms with Crippen molar-refractivity contribution in [3.8, 4) is 0 Å². The van der Waals surface area contributed by atoms with Gasteiger partial charge in [-0.25, -0.2) is 4.72 Å². The summed E-state index contributed by atoms with van der Waals surface area (Å²) in [6.07, 6.45) is 12.4. The van der Waals surface area contributed by atoms with Gasteiger partial charge in [-0.15, -0.1) is 0 Å². The Balaban J connectivity index is 1.52. The summed E-state index contributed by atoms with van der Waals surface area (Å²) in [6.45, 7) is 4.70. The molecule has 1 aromatic rings. The van der Waals surface area contributed by atoms with E-state index < -0.39 is 17.2 Å². The van der Waals surface area contributed by atoms with Crippen LogP contribution in [0.5, 0.6) is 0 Å². The van der Waals surface area contributed by atoms with Crippen LogP contribution in [0.25, 0.3) is 6.08 Å². The summed E-state index contributed by atoms with van der Waals surface area (Å²) in [7, 11) is 0. The first-order chi connectivity index (χ1) is 14.4. The Labute approximate surface area is 182 Å². The smallest absolute Gasteiger partial charge is 0.303 e. The van der Waals surface area contributed by atoms with Crippen LogP contribution in [-0.4, -0.2) is 21.3 Å². The van der Waals surface area contributed by atoms with Gasteiger partial charge in [-0.1, -0.05) is 56.3 Å². The average molecular weight is 432 g/mol. The quantitative estimate of drug-likeness (QED) is 0.291. The van der Waals surface area contributed by atoms with E-state index in [1.165, 1.54) is 12.7 Å². The van der Waals surface area contributed by atoms with Gasteiger partial charge in [0.15, 0.2) is 0 Å². The van der Waals surface area contributed by atoms with Crippen molar-refractivity contribution in [1.29, 1.82) is 0 Å². The lowest BCUT2D eigenvalue weighted by Gasteiger charge is -2.62. The van der Waals surface area contributed by atoms with Gasteiger partial charge in [-0.3, -0.25) is 4.79 Å². The van der Waals surface area contributed by atoms with Crippen LogP contribution in [0, 0.1) is 23.2 Å². The maximum atomic E-state index is 12.5. The number of carboxylic acid groups (broad SMARTS) is 1. The number of allylic oxidation sites excluding steroid dienone is 2. The molecule has 0 aromatic heterocycles. The largest absolute Gasteiger partial charge is 0.481 e. The molecule has 0 spiro atoms. The molecule has 0 heterocycles. The van der Waals surface area contributed by atoms with Crippen molar-refractivity contribution in [1.82, 2.24) is 4.72 Å². The minimum atomic E-state index is -1.57. The summed E-state index contributed by atoms with van der Waals surface area (Å²) in [5.74, 6) is 0.930. The summed E-state index contributed by atoms with van der Waals surface area (Å²) >= 11 is -1.57. The molecule has 0 saturated heterocycles. The Morgan fingerprint density at radius 1 is 1.27 bits per heavy atom. The lowest BCUT2D eigenvalue weighted by atomic mass is 9.44. The van der Waals surface area contributed by atoms with Gasteiger partial charge < -0.3 is 9.29 Å². The van der Waals surface area contributed by atoms with Gasteiger partial charge in [0.05, 0.1) is 0 Å². The van der Waals surface area contributed by atoms with E-state index in [0.29, 0.717) is 29.6 Å². The molecule has 3 saturated carbocycles. The number of hydrogen-bond acceptors (Lipinski definition) is 3. The number of nitrogens with one attached hydrogen (secondary N) is 1. The second-order valence-electron chi connectivity index (χ2n) is 9.02. The summed E-state index contributed by atoms with van der Waals surface area (Å²) in [5, 5.41) is 8.74. The number of aliphatic carboxylic acids is 1. The number of fused-ring (bicyclic) bond motifs is 2. The first-order valence-corrected chi connectivity index (χ1v) is 11.9. The standard InChI is InChI=1S/C24H33NO4S/c1-24(2)19-16-21(24)20(12-8-3-4-9-13-23(26)27)22(17-19)25-30(28)29-15-14-18-10-6-5-7-11-18/h3,5-8,10-11,14-15,19-22,25H,4,9,12-13,16-17H2,1-2H3,(H,26,27)/t19-,20?,21+,22?,30?/m1/s1. The molecule has 3 fully saturated rings. The van der Waals surface area contributed by atoms with Crippen molar-refractivity contribution in [2.75, 3.05) is 0 Å². The second kappa shape index (κ2) is 10.4. The van der Waals surface area contributed by atoms with Crippen LogP contribution in [0.1, 0.15) is 57.9 Å². The second-order valence-corrected chi connectivity index (χ2v) is 9.92. The summed E-state index contributed by atoms with van der Waals surface area (Å²) < 4.78 is 21.1. The van der Waals surface area contributed by atoms with Crippen LogP contribution in [0.4, 0.5) is 0 Å². The van der Waals surface area contributed by atoms with Gasteiger partial charge >= 0.3 is 5.97 Å². The normalized spacial score (nSPS) is 28.3. The molecule has 0 aliphatic heterocycles. The van der Waals surface area contributed by atoms with Crippen LogP contribution < -0.4 is 4.72 Å². The Morgan fingerprint density at radius 2 is 2.03 bits per heavy atom. The number of benzene rings is 1. The van der Waals surface area contributed by atoms with Crippen LogP contribution in [0.15, 0.2) is 48.7 Å². The van der Waals surface area contributed by atoms with Crippen molar-refractivity contribution in [3.63, 3.8) is 0 Å². The molecule has 30 heavy (non-hydrogen) atoms. The highest BCUT2D eigenvalue weighted by molar-refractivity contribution is 7.78. The van der Waals surface area contributed by atoms with E-state index in [1.807, 2.05) is 30.3 Å². The molecule has 3 aliphatic rings. The van der Waals surface area contributed by atoms with Crippen molar-refractivity contribution in [2.24, 2.45) is 23.2 Å². The average Bonchev–Trinajstić information content (AvgIpc) is 2.71. The van der Waals surface area contributed by atoms with Gasteiger partial charge in [0, 0.05) is 12.5 Å². The van der Waals surface area contributed by atoms with Gasteiger partial charge in [0.2, 0.25) is 0 Å². The summed E-state index contributed by atoms with van der Waals surface area (Å²) in [4.78, 5) is 10.6. The monoisotopic (exact) mass is 431 g/mol. The number of rotatable bonds is 11. The minimum Gasteiger partial charge on any atom is -0.481 e. The SMILES string of the molecule is CC1(C)[C@H]2CC(NS(=O)OC=Cc3ccccc3)C(CC=CCCCC(=O)O)[C@@H]1C2. The Morgan fingerprint density at radius 3 is 2.73 bits per heavy atom. The first kappa shape index (κ1) is 22.8. The van der Waals surface area contributed by atoms with Gasteiger partial charge in [-0.2, -0.15) is 4.21 Å². The van der Waals surface area contributed by atoms with E-state index >= 15 is 0 Å². The van der Waals surface area contributed by atoms with E-state index in [2.05, 4.69) is 30.7 Å². The molecule has 164 valence electrons. The molecular formula is C24H33NO4S. The van der Waals surface area contributed by atoms with Crippen LogP contribution in [0.3, 0.4) is 0 Å². The summed E-state index contributed by atoms with van der Waals surface area (Å²) in [6, 6.07) is 9.94. The van der Waals surface area contributed by atoms with E-state index in [9.17, 15) is 9.00 Å². The van der Waals surface area contributed by atoms with Crippen LogP contribution >= 0.6 is 0 Å². The topological polar surface area (TPSA) is 75.6 Å². The maximum absolute atomic E-state index is 12.5. The van der Waals surface area contributed by atoms with Crippen molar-refractivity contribution >= 4 is 23.3 Å². The van der Waals surface area contributed by atoms with Crippen molar-refractivity contribution in [2.45, 2.75) is 58.4 Å². The third kappa shape index (κ3) is 5.82. The number of carboxylic acids is 1. The number of unbranched alkanes of at least 4 members (excludes halogenated alkanes) is 1. The highest BCUT2D eigenvalue weighted by Crippen LogP contribution is 2.62. The molecule has 1 aromatic carbocycles. The molecular weight excluding hydrogens is 398 g/mol. The maximum Gasteiger partial charge on any atom is 0.303 e. The zero-order chi connectivity index (χ0) is 21.6. The minimum absolute atomic E-state index is 0.163. The molecule has 5 atom stereocenters. The van der Waals surface area contributed by atoms with Gasteiger partial charge in [-0.05, 0) is 66.9 Å². The van der Waals surface area contributed by atoms with E-state index in [1.54, 1.807) is 6.08 Å². The van der Waals surface area contributed by atoms with Gasteiger partial charge in [0.1, 0.15) is 6.26 Å². The third-order valence-corrected chi connectivity index (χ3v) is 7.69. The molecule has 5 nitrogen and oxygen atoms in total.